The Hall–Kier alpha value is -3.67. The zero-order valence-electron chi connectivity index (χ0n) is 16.2. The molecule has 3 aromatic carbocycles. The van der Waals surface area contributed by atoms with Crippen molar-refractivity contribution in [2.75, 3.05) is 10.6 Å². The lowest BCUT2D eigenvalue weighted by Crippen LogP contribution is -2.20. The third-order valence-electron chi connectivity index (χ3n) is 4.90. The van der Waals surface area contributed by atoms with Crippen molar-refractivity contribution < 1.29 is 9.18 Å². The van der Waals surface area contributed by atoms with Crippen LogP contribution in [0.5, 0.6) is 0 Å². The van der Waals surface area contributed by atoms with E-state index in [1.54, 1.807) is 16.8 Å². The molecule has 0 bridgehead atoms. The zero-order chi connectivity index (χ0) is 20.4. The quantitative estimate of drug-likeness (QED) is 0.486. The first-order chi connectivity index (χ1) is 14.0. The summed E-state index contributed by atoms with van der Waals surface area (Å²) in [5, 5.41) is 12.4. The summed E-state index contributed by atoms with van der Waals surface area (Å²) in [6, 6.07) is 19.7. The summed E-state index contributed by atoms with van der Waals surface area (Å²) < 4.78 is 14.9. The first-order valence-electron chi connectivity index (χ1n) is 9.35. The molecule has 0 radical (unpaired) electrons. The number of carbonyl (C=O) groups excluding carboxylic acids is 1. The summed E-state index contributed by atoms with van der Waals surface area (Å²) >= 11 is 0. The Labute approximate surface area is 168 Å². The highest BCUT2D eigenvalue weighted by atomic mass is 19.1. The SMILES string of the molecule is Cc1nn(Cc2ccc(F)cc2)c(C)c1NC(=O)Nc1cccc2ccccc12. The van der Waals surface area contributed by atoms with Crippen LogP contribution < -0.4 is 10.6 Å². The molecule has 0 saturated heterocycles. The number of aromatic nitrogens is 2. The van der Waals surface area contributed by atoms with Gasteiger partial charge in [0.2, 0.25) is 0 Å². The Morgan fingerprint density at radius 1 is 0.966 bits per heavy atom. The molecule has 4 aromatic rings. The number of aryl methyl sites for hydroxylation is 1. The average Bonchev–Trinajstić information content (AvgIpc) is 2.97. The molecule has 0 saturated carbocycles. The molecule has 0 aliphatic heterocycles. The van der Waals surface area contributed by atoms with Gasteiger partial charge in [0.25, 0.3) is 0 Å². The van der Waals surface area contributed by atoms with Gasteiger partial charge in [0, 0.05) is 5.39 Å². The number of hydrogen-bond acceptors (Lipinski definition) is 2. The molecule has 4 rings (SSSR count). The maximum Gasteiger partial charge on any atom is 0.323 e. The largest absolute Gasteiger partial charge is 0.323 e. The number of rotatable bonds is 4. The van der Waals surface area contributed by atoms with Gasteiger partial charge in [0.1, 0.15) is 5.82 Å². The van der Waals surface area contributed by atoms with Crippen LogP contribution in [0.15, 0.2) is 66.7 Å². The van der Waals surface area contributed by atoms with E-state index in [1.165, 1.54) is 12.1 Å². The minimum Gasteiger partial charge on any atom is -0.307 e. The van der Waals surface area contributed by atoms with Crippen LogP contribution >= 0.6 is 0 Å². The molecule has 0 aliphatic rings. The second kappa shape index (κ2) is 7.75. The number of halogens is 1. The normalized spacial score (nSPS) is 10.9. The standard InChI is InChI=1S/C23H21FN4O/c1-15-22(16(2)28(27-15)14-17-10-12-19(24)13-11-17)26-23(29)25-21-9-5-7-18-6-3-4-8-20(18)21/h3-13H,14H2,1-2H3,(H2,25,26,29). The topological polar surface area (TPSA) is 59.0 Å². The number of carbonyl (C=O) groups is 1. The highest BCUT2D eigenvalue weighted by Crippen LogP contribution is 2.24. The smallest absolute Gasteiger partial charge is 0.307 e. The van der Waals surface area contributed by atoms with Gasteiger partial charge in [0.15, 0.2) is 0 Å². The van der Waals surface area contributed by atoms with E-state index < -0.39 is 0 Å². The lowest BCUT2D eigenvalue weighted by Gasteiger charge is -2.11. The summed E-state index contributed by atoms with van der Waals surface area (Å²) in [6.45, 7) is 4.25. The Bertz CT molecular complexity index is 1180. The van der Waals surface area contributed by atoms with Gasteiger partial charge in [-0.25, -0.2) is 9.18 Å². The van der Waals surface area contributed by atoms with Crippen LogP contribution in [0, 0.1) is 19.7 Å². The van der Waals surface area contributed by atoms with Crippen molar-refractivity contribution in [3.05, 3.63) is 89.5 Å². The van der Waals surface area contributed by atoms with Gasteiger partial charge in [-0.3, -0.25) is 4.68 Å². The molecule has 6 heteroatoms. The van der Waals surface area contributed by atoms with Gasteiger partial charge in [-0.15, -0.1) is 0 Å². The minimum absolute atomic E-state index is 0.269. The Morgan fingerprint density at radius 3 is 2.48 bits per heavy atom. The van der Waals surface area contributed by atoms with Crippen molar-refractivity contribution in [3.8, 4) is 0 Å². The third kappa shape index (κ3) is 3.96. The van der Waals surface area contributed by atoms with Crippen molar-refractivity contribution in [2.45, 2.75) is 20.4 Å². The van der Waals surface area contributed by atoms with Crippen LogP contribution in [-0.4, -0.2) is 15.8 Å². The molecule has 1 aromatic heterocycles. The molecule has 2 N–H and O–H groups in total. The van der Waals surface area contributed by atoms with Gasteiger partial charge in [-0.1, -0.05) is 48.5 Å². The number of nitrogens with one attached hydrogen (secondary N) is 2. The molecular formula is C23H21FN4O. The van der Waals surface area contributed by atoms with Crippen molar-refractivity contribution >= 4 is 28.2 Å². The molecule has 0 aliphatic carbocycles. The number of fused-ring (bicyclic) bond motifs is 1. The van der Waals surface area contributed by atoms with Crippen molar-refractivity contribution in [1.29, 1.82) is 0 Å². The number of anilines is 2. The maximum absolute atomic E-state index is 13.1. The fourth-order valence-corrected chi connectivity index (χ4v) is 3.40. The molecule has 29 heavy (non-hydrogen) atoms. The van der Waals surface area contributed by atoms with Crippen molar-refractivity contribution in [3.63, 3.8) is 0 Å². The fourth-order valence-electron chi connectivity index (χ4n) is 3.40. The van der Waals surface area contributed by atoms with Crippen LogP contribution in [0.2, 0.25) is 0 Å². The van der Waals surface area contributed by atoms with Crippen LogP contribution in [0.25, 0.3) is 10.8 Å². The number of nitrogens with zero attached hydrogens (tertiary/aromatic N) is 2. The van der Waals surface area contributed by atoms with E-state index in [0.29, 0.717) is 12.2 Å². The van der Waals surface area contributed by atoms with Gasteiger partial charge in [-0.2, -0.15) is 5.10 Å². The first kappa shape index (κ1) is 18.7. The number of hydrogen-bond donors (Lipinski definition) is 2. The molecular weight excluding hydrogens is 367 g/mol. The molecule has 0 fully saturated rings. The van der Waals surface area contributed by atoms with E-state index >= 15 is 0 Å². The molecule has 2 amide bonds. The number of benzene rings is 3. The van der Waals surface area contributed by atoms with Crippen molar-refractivity contribution in [2.24, 2.45) is 0 Å². The Balaban J connectivity index is 1.52. The second-order valence-corrected chi connectivity index (χ2v) is 6.94. The van der Waals surface area contributed by atoms with Gasteiger partial charge >= 0.3 is 6.03 Å². The minimum atomic E-state index is -0.325. The summed E-state index contributed by atoms with van der Waals surface area (Å²) in [4.78, 5) is 12.6. The highest BCUT2D eigenvalue weighted by Gasteiger charge is 2.15. The molecule has 0 unspecified atom stereocenters. The molecule has 1 heterocycles. The predicted octanol–water partition coefficient (Wildman–Crippen LogP) is 5.48. The molecule has 0 atom stereocenters. The fraction of sp³-hybridized carbons (Fsp3) is 0.130. The summed E-state index contributed by atoms with van der Waals surface area (Å²) in [6.07, 6.45) is 0. The third-order valence-corrected chi connectivity index (χ3v) is 4.90. The van der Waals surface area contributed by atoms with E-state index in [-0.39, 0.29) is 11.8 Å². The summed E-state index contributed by atoms with van der Waals surface area (Å²) in [7, 11) is 0. The average molecular weight is 388 g/mol. The number of amides is 2. The van der Waals surface area contributed by atoms with Gasteiger partial charge in [-0.05, 0) is 43.0 Å². The van der Waals surface area contributed by atoms with Gasteiger partial charge in [0.05, 0.1) is 29.3 Å². The van der Waals surface area contributed by atoms with E-state index in [1.807, 2.05) is 56.3 Å². The maximum atomic E-state index is 13.1. The zero-order valence-corrected chi connectivity index (χ0v) is 16.2. The Kier molecular flexibility index (Phi) is 4.99. The summed E-state index contributed by atoms with van der Waals surface area (Å²) in [5.41, 5.74) is 3.90. The predicted molar refractivity (Wildman–Crippen MR) is 114 cm³/mol. The molecule has 146 valence electrons. The van der Waals surface area contributed by atoms with E-state index in [9.17, 15) is 9.18 Å². The molecule has 5 nitrogen and oxygen atoms in total. The van der Waals surface area contributed by atoms with Crippen LogP contribution in [0.3, 0.4) is 0 Å². The Morgan fingerprint density at radius 2 is 1.69 bits per heavy atom. The second-order valence-electron chi connectivity index (χ2n) is 6.94. The first-order valence-corrected chi connectivity index (χ1v) is 9.35. The lowest BCUT2D eigenvalue weighted by atomic mass is 10.1. The van der Waals surface area contributed by atoms with E-state index in [2.05, 4.69) is 15.7 Å². The van der Waals surface area contributed by atoms with Crippen LogP contribution in [0.4, 0.5) is 20.6 Å². The van der Waals surface area contributed by atoms with Crippen molar-refractivity contribution in [1.82, 2.24) is 9.78 Å². The summed E-state index contributed by atoms with van der Waals surface area (Å²) in [5.74, 6) is -0.269. The van der Waals surface area contributed by atoms with Crippen LogP contribution in [-0.2, 0) is 6.54 Å². The van der Waals surface area contributed by atoms with Crippen LogP contribution in [0.1, 0.15) is 17.0 Å². The monoisotopic (exact) mass is 388 g/mol. The lowest BCUT2D eigenvalue weighted by molar-refractivity contribution is 0.262. The highest BCUT2D eigenvalue weighted by molar-refractivity contribution is 6.06. The van der Waals surface area contributed by atoms with Gasteiger partial charge < -0.3 is 10.6 Å². The van der Waals surface area contributed by atoms with E-state index in [4.69, 9.17) is 0 Å². The van der Waals surface area contributed by atoms with E-state index in [0.717, 1.165) is 33.4 Å². The molecule has 0 spiro atoms. The number of urea groups is 1.